The van der Waals surface area contributed by atoms with Gasteiger partial charge in [-0.05, 0) is 30.2 Å². The number of anilines is 1. The molecule has 1 aromatic heterocycles. The van der Waals surface area contributed by atoms with Gasteiger partial charge in [0.25, 0.3) is 0 Å². The van der Waals surface area contributed by atoms with E-state index in [0.717, 1.165) is 16.7 Å². The summed E-state index contributed by atoms with van der Waals surface area (Å²) in [5, 5.41) is 0. The molecule has 1 aliphatic rings. The van der Waals surface area contributed by atoms with Crippen molar-refractivity contribution in [3.05, 3.63) is 89.2 Å². The van der Waals surface area contributed by atoms with Crippen molar-refractivity contribution in [1.82, 2.24) is 9.97 Å². The number of fused-ring (bicyclic) bond motifs is 3. The second kappa shape index (κ2) is 6.34. The monoisotopic (exact) mass is 381 g/mol. The van der Waals surface area contributed by atoms with Crippen molar-refractivity contribution in [2.24, 2.45) is 0 Å². The molecule has 4 aromatic rings. The van der Waals surface area contributed by atoms with E-state index in [2.05, 4.69) is 9.97 Å². The quantitative estimate of drug-likeness (QED) is 0.464. The Kier molecular flexibility index (Phi) is 3.77. The predicted octanol–water partition coefficient (Wildman–Crippen LogP) is 5.05. The number of ketones is 1. The number of benzene rings is 3. The van der Waals surface area contributed by atoms with Crippen LogP contribution >= 0.6 is 0 Å². The lowest BCUT2D eigenvalue weighted by molar-refractivity contribution is 0.104. The second-order valence-corrected chi connectivity index (χ2v) is 7.09. The van der Waals surface area contributed by atoms with Gasteiger partial charge in [0.2, 0.25) is 5.95 Å². The summed E-state index contributed by atoms with van der Waals surface area (Å²) in [4.78, 5) is 22.1. The molecule has 0 atom stereocenters. The van der Waals surface area contributed by atoms with Gasteiger partial charge >= 0.3 is 0 Å². The Bertz CT molecular complexity index is 1300. The van der Waals surface area contributed by atoms with Crippen molar-refractivity contribution in [2.45, 2.75) is 6.92 Å². The average Bonchev–Trinajstić information content (AvgIpc) is 3.00. The molecule has 0 unspecified atom stereocenters. The van der Waals surface area contributed by atoms with Crippen molar-refractivity contribution < 1.29 is 9.18 Å². The van der Waals surface area contributed by atoms with Gasteiger partial charge in [0.15, 0.2) is 5.78 Å². The van der Waals surface area contributed by atoms with E-state index >= 15 is 0 Å². The first-order valence-corrected chi connectivity index (χ1v) is 9.21. The van der Waals surface area contributed by atoms with Crippen LogP contribution in [0.1, 0.15) is 21.5 Å². The zero-order valence-corrected chi connectivity index (χ0v) is 15.6. The molecular formula is C24H16FN3O. The van der Waals surface area contributed by atoms with E-state index in [1.54, 1.807) is 18.2 Å². The van der Waals surface area contributed by atoms with Crippen LogP contribution in [-0.4, -0.2) is 15.8 Å². The standard InChI is InChI=1S/C24H16FN3O/c1-13-8-10-14(11-9-13)21-20-22(28-24(26)27-21)19-17(6-3-7-18(19)23(20)29)15-4-2-5-16(25)12-15/h2-12H,1H3,(H2,26,27,28). The molecule has 0 saturated carbocycles. The first-order chi connectivity index (χ1) is 14.0. The van der Waals surface area contributed by atoms with Crippen molar-refractivity contribution in [3.63, 3.8) is 0 Å². The zero-order chi connectivity index (χ0) is 20.1. The minimum Gasteiger partial charge on any atom is -0.368 e. The Morgan fingerprint density at radius 1 is 0.793 bits per heavy atom. The summed E-state index contributed by atoms with van der Waals surface area (Å²) >= 11 is 0. The third-order valence-corrected chi connectivity index (χ3v) is 5.16. The lowest BCUT2D eigenvalue weighted by Gasteiger charge is -2.10. The summed E-state index contributed by atoms with van der Waals surface area (Å²) in [6.45, 7) is 1.99. The van der Waals surface area contributed by atoms with Crippen molar-refractivity contribution in [1.29, 1.82) is 0 Å². The van der Waals surface area contributed by atoms with Crippen molar-refractivity contribution >= 4 is 11.7 Å². The number of aromatic nitrogens is 2. The summed E-state index contributed by atoms with van der Waals surface area (Å²) in [7, 11) is 0. The summed E-state index contributed by atoms with van der Waals surface area (Å²) in [6, 6.07) is 19.5. The highest BCUT2D eigenvalue weighted by Gasteiger charge is 2.34. The van der Waals surface area contributed by atoms with Crippen LogP contribution in [0.25, 0.3) is 33.6 Å². The Morgan fingerprint density at radius 2 is 1.48 bits per heavy atom. The molecule has 0 spiro atoms. The van der Waals surface area contributed by atoms with Gasteiger partial charge in [0.1, 0.15) is 5.82 Å². The van der Waals surface area contributed by atoms with Gasteiger partial charge < -0.3 is 5.73 Å². The number of aryl methyl sites for hydroxylation is 1. The van der Waals surface area contributed by atoms with Gasteiger partial charge in [-0.15, -0.1) is 0 Å². The maximum atomic E-state index is 13.8. The first kappa shape index (κ1) is 17.3. The van der Waals surface area contributed by atoms with Crippen LogP contribution in [0.4, 0.5) is 10.3 Å². The maximum absolute atomic E-state index is 13.8. The van der Waals surface area contributed by atoms with E-state index in [1.807, 2.05) is 43.3 Å². The molecule has 0 aliphatic heterocycles. The largest absolute Gasteiger partial charge is 0.368 e. The van der Waals surface area contributed by atoms with Gasteiger partial charge in [0, 0.05) is 16.7 Å². The highest BCUT2D eigenvalue weighted by molar-refractivity contribution is 6.25. The van der Waals surface area contributed by atoms with Crippen LogP contribution in [0.15, 0.2) is 66.7 Å². The van der Waals surface area contributed by atoms with Crippen LogP contribution in [-0.2, 0) is 0 Å². The maximum Gasteiger partial charge on any atom is 0.221 e. The molecule has 3 aromatic carbocycles. The SMILES string of the molecule is Cc1ccc(-c2nc(N)nc3c2C(=O)c2cccc(-c4cccc(F)c4)c2-3)cc1. The molecule has 0 bridgehead atoms. The second-order valence-electron chi connectivity index (χ2n) is 7.09. The smallest absolute Gasteiger partial charge is 0.221 e. The number of rotatable bonds is 2. The number of carbonyl (C=O) groups is 1. The lowest BCUT2D eigenvalue weighted by Crippen LogP contribution is -2.05. The topological polar surface area (TPSA) is 68.9 Å². The van der Waals surface area contributed by atoms with E-state index in [-0.39, 0.29) is 17.5 Å². The normalized spacial score (nSPS) is 12.0. The van der Waals surface area contributed by atoms with E-state index in [4.69, 9.17) is 5.73 Å². The Hall–Kier alpha value is -3.86. The van der Waals surface area contributed by atoms with Gasteiger partial charge in [0.05, 0.1) is 17.0 Å². The van der Waals surface area contributed by atoms with Crippen molar-refractivity contribution in [2.75, 3.05) is 5.73 Å². The Balaban J connectivity index is 1.81. The van der Waals surface area contributed by atoms with Gasteiger partial charge in [-0.3, -0.25) is 4.79 Å². The van der Waals surface area contributed by atoms with E-state index in [0.29, 0.717) is 33.6 Å². The van der Waals surface area contributed by atoms with Crippen LogP contribution in [0.2, 0.25) is 0 Å². The molecule has 5 rings (SSSR count). The molecule has 2 N–H and O–H groups in total. The predicted molar refractivity (Wildman–Crippen MR) is 111 cm³/mol. The molecule has 0 radical (unpaired) electrons. The summed E-state index contributed by atoms with van der Waals surface area (Å²) in [6.07, 6.45) is 0. The third-order valence-electron chi connectivity index (χ3n) is 5.16. The summed E-state index contributed by atoms with van der Waals surface area (Å²) < 4.78 is 13.8. The molecule has 140 valence electrons. The fourth-order valence-corrected chi connectivity index (χ4v) is 3.82. The van der Waals surface area contributed by atoms with Crippen LogP contribution in [0.3, 0.4) is 0 Å². The van der Waals surface area contributed by atoms with E-state index < -0.39 is 0 Å². The molecule has 1 aliphatic carbocycles. The molecule has 0 fully saturated rings. The van der Waals surface area contributed by atoms with E-state index in [9.17, 15) is 9.18 Å². The summed E-state index contributed by atoms with van der Waals surface area (Å²) in [5.74, 6) is -0.398. The number of hydrogen-bond acceptors (Lipinski definition) is 4. The fraction of sp³-hybridized carbons (Fsp3) is 0.0417. The third kappa shape index (κ3) is 2.70. The van der Waals surface area contributed by atoms with Crippen molar-refractivity contribution in [3.8, 4) is 33.6 Å². The Morgan fingerprint density at radius 3 is 2.24 bits per heavy atom. The van der Waals surface area contributed by atoms with Gasteiger partial charge in [-0.25, -0.2) is 14.4 Å². The minimum absolute atomic E-state index is 0.0917. The molecule has 29 heavy (non-hydrogen) atoms. The number of halogens is 1. The average molecular weight is 381 g/mol. The molecule has 0 amide bonds. The molecule has 5 heteroatoms. The number of nitrogens with zero attached hydrogens (tertiary/aromatic N) is 2. The Labute approximate surface area is 166 Å². The number of carbonyl (C=O) groups excluding carboxylic acids is 1. The van der Waals surface area contributed by atoms with E-state index in [1.165, 1.54) is 12.1 Å². The van der Waals surface area contributed by atoms with Crippen LogP contribution in [0, 0.1) is 12.7 Å². The molecule has 0 saturated heterocycles. The minimum atomic E-state index is -0.341. The number of nitrogen functional groups attached to an aromatic ring is 1. The van der Waals surface area contributed by atoms with Gasteiger partial charge in [-0.2, -0.15) is 0 Å². The highest BCUT2D eigenvalue weighted by Crippen LogP contribution is 2.44. The lowest BCUT2D eigenvalue weighted by atomic mass is 9.96. The zero-order valence-electron chi connectivity index (χ0n) is 15.6. The fourth-order valence-electron chi connectivity index (χ4n) is 3.82. The van der Waals surface area contributed by atoms with Crippen LogP contribution < -0.4 is 5.73 Å². The molecule has 1 heterocycles. The number of nitrogens with two attached hydrogens (primary N) is 1. The van der Waals surface area contributed by atoms with Gasteiger partial charge in [-0.1, -0.05) is 60.2 Å². The molecule has 4 nitrogen and oxygen atoms in total. The number of hydrogen-bond donors (Lipinski definition) is 1. The van der Waals surface area contributed by atoms with Crippen LogP contribution in [0.5, 0.6) is 0 Å². The molecular weight excluding hydrogens is 365 g/mol. The summed E-state index contributed by atoms with van der Waals surface area (Å²) in [5.41, 5.74) is 12.0. The first-order valence-electron chi connectivity index (χ1n) is 9.21. The highest BCUT2D eigenvalue weighted by atomic mass is 19.1.